The van der Waals surface area contributed by atoms with E-state index in [2.05, 4.69) is 78.9 Å². The number of aromatic nitrogens is 2. The van der Waals surface area contributed by atoms with Crippen LogP contribution in [0.4, 0.5) is 0 Å². The maximum Gasteiger partial charge on any atom is 0.126 e. The lowest BCUT2D eigenvalue weighted by molar-refractivity contribution is 1.10. The highest BCUT2D eigenvalue weighted by molar-refractivity contribution is 6.03. The molecule has 0 aliphatic rings. The predicted octanol–water partition coefficient (Wildman–Crippen LogP) is 6.94. The van der Waals surface area contributed by atoms with Crippen LogP contribution in [-0.2, 0) is 0 Å². The van der Waals surface area contributed by atoms with Crippen LogP contribution in [0.5, 0.6) is 0 Å². The van der Waals surface area contributed by atoms with Gasteiger partial charge in [0, 0.05) is 16.5 Å². The van der Waals surface area contributed by atoms with Gasteiger partial charge in [0.25, 0.3) is 0 Å². The third-order valence-corrected chi connectivity index (χ3v) is 5.19. The largest absolute Gasteiger partial charge is 0.233 e. The fraction of sp³-hybridized carbons (Fsp3) is 0.0370. The molecule has 1 aromatic heterocycles. The predicted molar refractivity (Wildman–Crippen MR) is 121 cm³/mol. The van der Waals surface area contributed by atoms with E-state index in [0.29, 0.717) is 0 Å². The van der Waals surface area contributed by atoms with Gasteiger partial charge in [-0.05, 0) is 23.6 Å². The minimum absolute atomic E-state index is 0.779. The van der Waals surface area contributed by atoms with Gasteiger partial charge in [0.15, 0.2) is 0 Å². The lowest BCUT2D eigenvalue weighted by Gasteiger charge is -2.14. The molecule has 0 aliphatic carbocycles. The molecule has 0 amide bonds. The van der Waals surface area contributed by atoms with E-state index >= 15 is 0 Å². The molecule has 0 spiro atoms. The van der Waals surface area contributed by atoms with Gasteiger partial charge < -0.3 is 0 Å². The summed E-state index contributed by atoms with van der Waals surface area (Å²) in [6.45, 7) is 1.96. The first-order valence-corrected chi connectivity index (χ1v) is 9.79. The van der Waals surface area contributed by atoms with E-state index in [0.717, 1.165) is 33.5 Å². The average Bonchev–Trinajstić information content (AvgIpc) is 2.79. The standard InChI is InChI=1S/C27H20N2/c1-19-28-26(21-13-6-3-7-14-21)25-18-10-17-24(27(25)29-19)23-16-9-8-15-22(23)20-11-4-2-5-12-20/h2-18H,1H3. The summed E-state index contributed by atoms with van der Waals surface area (Å²) in [6, 6.07) is 35.8. The maximum atomic E-state index is 4.86. The average molecular weight is 372 g/mol. The molecule has 0 radical (unpaired) electrons. The summed E-state index contributed by atoms with van der Waals surface area (Å²) in [7, 11) is 0. The number of benzene rings is 4. The highest BCUT2D eigenvalue weighted by Gasteiger charge is 2.14. The Morgan fingerprint density at radius 3 is 1.79 bits per heavy atom. The first kappa shape index (κ1) is 17.3. The Morgan fingerprint density at radius 1 is 0.483 bits per heavy atom. The molecule has 5 aromatic rings. The van der Waals surface area contributed by atoms with Crippen LogP contribution >= 0.6 is 0 Å². The fourth-order valence-electron chi connectivity index (χ4n) is 3.88. The van der Waals surface area contributed by atoms with Crippen LogP contribution < -0.4 is 0 Å². The molecule has 29 heavy (non-hydrogen) atoms. The summed E-state index contributed by atoms with van der Waals surface area (Å²) < 4.78 is 0. The number of para-hydroxylation sites is 1. The molecule has 0 fully saturated rings. The van der Waals surface area contributed by atoms with Gasteiger partial charge in [-0.3, -0.25) is 0 Å². The van der Waals surface area contributed by atoms with Gasteiger partial charge in [-0.2, -0.15) is 0 Å². The van der Waals surface area contributed by atoms with Crippen molar-refractivity contribution in [3.05, 3.63) is 109 Å². The molecule has 0 unspecified atom stereocenters. The summed E-state index contributed by atoms with van der Waals surface area (Å²) in [4.78, 5) is 9.64. The summed E-state index contributed by atoms with van der Waals surface area (Å²) in [5, 5.41) is 1.07. The van der Waals surface area contributed by atoms with Crippen LogP contribution in [0.1, 0.15) is 5.82 Å². The second-order valence-corrected chi connectivity index (χ2v) is 7.10. The third-order valence-electron chi connectivity index (χ3n) is 5.19. The molecule has 0 bridgehead atoms. The quantitative estimate of drug-likeness (QED) is 0.343. The molecule has 2 nitrogen and oxygen atoms in total. The Morgan fingerprint density at radius 2 is 1.07 bits per heavy atom. The van der Waals surface area contributed by atoms with E-state index in [1.807, 2.05) is 31.2 Å². The molecule has 0 saturated carbocycles. The molecule has 0 saturated heterocycles. The molecule has 0 aliphatic heterocycles. The van der Waals surface area contributed by atoms with E-state index < -0.39 is 0 Å². The summed E-state index contributed by atoms with van der Waals surface area (Å²) in [5.41, 5.74) is 7.80. The minimum atomic E-state index is 0.779. The lowest BCUT2D eigenvalue weighted by Crippen LogP contribution is -1.96. The van der Waals surface area contributed by atoms with Gasteiger partial charge in [-0.25, -0.2) is 9.97 Å². The topological polar surface area (TPSA) is 25.8 Å². The monoisotopic (exact) mass is 372 g/mol. The van der Waals surface area contributed by atoms with Crippen molar-refractivity contribution in [1.29, 1.82) is 0 Å². The normalized spacial score (nSPS) is 10.9. The first-order chi connectivity index (χ1) is 14.3. The van der Waals surface area contributed by atoms with E-state index in [-0.39, 0.29) is 0 Å². The van der Waals surface area contributed by atoms with Crippen LogP contribution in [0.15, 0.2) is 103 Å². The summed E-state index contributed by atoms with van der Waals surface area (Å²) in [6.07, 6.45) is 0. The maximum absolute atomic E-state index is 4.86. The van der Waals surface area contributed by atoms with Gasteiger partial charge in [0.05, 0.1) is 11.2 Å². The Balaban J connectivity index is 1.80. The van der Waals surface area contributed by atoms with Crippen molar-refractivity contribution in [3.8, 4) is 33.5 Å². The van der Waals surface area contributed by atoms with E-state index in [1.54, 1.807) is 0 Å². The zero-order valence-corrected chi connectivity index (χ0v) is 16.2. The molecule has 0 N–H and O–H groups in total. The van der Waals surface area contributed by atoms with Crippen molar-refractivity contribution in [1.82, 2.24) is 9.97 Å². The molecule has 138 valence electrons. The van der Waals surface area contributed by atoms with Gasteiger partial charge in [-0.15, -0.1) is 0 Å². The number of nitrogens with zero attached hydrogens (tertiary/aromatic N) is 2. The summed E-state index contributed by atoms with van der Waals surface area (Å²) >= 11 is 0. The Hall–Kier alpha value is -3.78. The van der Waals surface area contributed by atoms with E-state index in [1.165, 1.54) is 16.7 Å². The molecule has 2 heteroatoms. The van der Waals surface area contributed by atoms with Crippen LogP contribution in [-0.4, -0.2) is 9.97 Å². The third kappa shape index (κ3) is 3.19. The van der Waals surface area contributed by atoms with Crippen molar-refractivity contribution in [2.75, 3.05) is 0 Å². The SMILES string of the molecule is Cc1nc(-c2ccccc2)c2cccc(-c3ccccc3-c3ccccc3)c2n1. The number of hydrogen-bond acceptors (Lipinski definition) is 2. The Kier molecular flexibility index (Phi) is 4.38. The van der Waals surface area contributed by atoms with E-state index in [9.17, 15) is 0 Å². The van der Waals surface area contributed by atoms with E-state index in [4.69, 9.17) is 9.97 Å². The fourth-order valence-corrected chi connectivity index (χ4v) is 3.88. The summed E-state index contributed by atoms with van der Waals surface area (Å²) in [5.74, 6) is 0.779. The van der Waals surface area contributed by atoms with Crippen molar-refractivity contribution in [2.45, 2.75) is 6.92 Å². The second-order valence-electron chi connectivity index (χ2n) is 7.10. The van der Waals surface area contributed by atoms with Crippen LogP contribution in [0.25, 0.3) is 44.4 Å². The minimum Gasteiger partial charge on any atom is -0.233 e. The van der Waals surface area contributed by atoms with Crippen molar-refractivity contribution >= 4 is 10.9 Å². The van der Waals surface area contributed by atoms with Gasteiger partial charge in [0.2, 0.25) is 0 Å². The number of fused-ring (bicyclic) bond motifs is 1. The second kappa shape index (κ2) is 7.33. The van der Waals surface area contributed by atoms with Gasteiger partial charge >= 0.3 is 0 Å². The van der Waals surface area contributed by atoms with Crippen LogP contribution in [0.3, 0.4) is 0 Å². The smallest absolute Gasteiger partial charge is 0.126 e. The lowest BCUT2D eigenvalue weighted by atomic mass is 9.92. The first-order valence-electron chi connectivity index (χ1n) is 9.79. The van der Waals surface area contributed by atoms with Gasteiger partial charge in [0.1, 0.15) is 5.82 Å². The molecular formula is C27H20N2. The zero-order valence-electron chi connectivity index (χ0n) is 16.2. The van der Waals surface area contributed by atoms with Crippen molar-refractivity contribution in [3.63, 3.8) is 0 Å². The zero-order chi connectivity index (χ0) is 19.6. The Bertz CT molecular complexity index is 1290. The van der Waals surface area contributed by atoms with Crippen LogP contribution in [0.2, 0.25) is 0 Å². The molecule has 0 atom stereocenters. The molecule has 4 aromatic carbocycles. The Labute approximate surface area is 170 Å². The molecular weight excluding hydrogens is 352 g/mol. The highest BCUT2D eigenvalue weighted by Crippen LogP contribution is 2.37. The van der Waals surface area contributed by atoms with Crippen molar-refractivity contribution in [2.24, 2.45) is 0 Å². The molecule has 1 heterocycles. The molecule has 5 rings (SSSR count). The van der Waals surface area contributed by atoms with Crippen molar-refractivity contribution < 1.29 is 0 Å². The number of rotatable bonds is 3. The van der Waals surface area contributed by atoms with Crippen LogP contribution in [0, 0.1) is 6.92 Å². The highest BCUT2D eigenvalue weighted by atomic mass is 14.9. The number of hydrogen-bond donors (Lipinski definition) is 0. The van der Waals surface area contributed by atoms with Gasteiger partial charge in [-0.1, -0.05) is 103 Å². The number of aryl methyl sites for hydroxylation is 1.